The molecule has 1 heterocycles. The van der Waals surface area contributed by atoms with E-state index < -0.39 is 0 Å². The second kappa shape index (κ2) is 4.65. The highest BCUT2D eigenvalue weighted by Gasteiger charge is 2.02. The van der Waals surface area contributed by atoms with Crippen LogP contribution in [-0.4, -0.2) is 17.2 Å². The van der Waals surface area contributed by atoms with Gasteiger partial charge in [-0.2, -0.15) is 0 Å². The standard InChI is InChI=1S/C13H12N2O2/c14-13(17)3-1-2-9-4-5-12-11(6-9)10(8-16)7-15-12/h1-2,4-8,15H,3H2,(H2,14,17). The van der Waals surface area contributed by atoms with Crippen molar-refractivity contribution >= 4 is 29.2 Å². The van der Waals surface area contributed by atoms with E-state index in [4.69, 9.17) is 5.73 Å². The van der Waals surface area contributed by atoms with Crippen molar-refractivity contribution in [1.82, 2.24) is 4.98 Å². The summed E-state index contributed by atoms with van der Waals surface area (Å²) in [6, 6.07) is 5.70. The number of hydrogen-bond acceptors (Lipinski definition) is 2. The summed E-state index contributed by atoms with van der Waals surface area (Å²) >= 11 is 0. The summed E-state index contributed by atoms with van der Waals surface area (Å²) in [6.45, 7) is 0. The molecule has 0 saturated carbocycles. The summed E-state index contributed by atoms with van der Waals surface area (Å²) in [7, 11) is 0. The zero-order chi connectivity index (χ0) is 12.3. The van der Waals surface area contributed by atoms with Crippen LogP contribution in [0.25, 0.3) is 17.0 Å². The van der Waals surface area contributed by atoms with Crippen LogP contribution in [0.4, 0.5) is 0 Å². The van der Waals surface area contributed by atoms with Gasteiger partial charge in [-0.15, -0.1) is 0 Å². The molecule has 0 aliphatic rings. The highest BCUT2D eigenvalue weighted by Crippen LogP contribution is 2.19. The number of H-pyrrole nitrogens is 1. The number of aromatic amines is 1. The van der Waals surface area contributed by atoms with Crippen LogP contribution in [0, 0.1) is 0 Å². The van der Waals surface area contributed by atoms with E-state index in [1.807, 2.05) is 24.3 Å². The minimum atomic E-state index is -0.363. The van der Waals surface area contributed by atoms with E-state index in [0.717, 1.165) is 22.8 Å². The van der Waals surface area contributed by atoms with Crippen LogP contribution in [0.5, 0.6) is 0 Å². The Kier molecular flexibility index (Phi) is 3.05. The smallest absolute Gasteiger partial charge is 0.221 e. The number of hydrogen-bond donors (Lipinski definition) is 2. The molecule has 86 valence electrons. The second-order valence-electron chi connectivity index (χ2n) is 3.74. The van der Waals surface area contributed by atoms with Crippen LogP contribution in [0.1, 0.15) is 22.3 Å². The van der Waals surface area contributed by atoms with Crippen LogP contribution in [0.15, 0.2) is 30.5 Å². The lowest BCUT2D eigenvalue weighted by Crippen LogP contribution is -2.07. The molecule has 0 spiro atoms. The van der Waals surface area contributed by atoms with Crippen LogP contribution in [0.2, 0.25) is 0 Å². The van der Waals surface area contributed by atoms with Crippen LogP contribution < -0.4 is 5.73 Å². The fraction of sp³-hybridized carbons (Fsp3) is 0.0769. The minimum absolute atomic E-state index is 0.214. The van der Waals surface area contributed by atoms with Gasteiger partial charge in [0, 0.05) is 29.1 Å². The zero-order valence-corrected chi connectivity index (χ0v) is 9.14. The van der Waals surface area contributed by atoms with Gasteiger partial charge in [-0.3, -0.25) is 9.59 Å². The number of aromatic nitrogens is 1. The third kappa shape index (κ3) is 2.42. The van der Waals surface area contributed by atoms with Crippen molar-refractivity contribution in [3.05, 3.63) is 41.6 Å². The Morgan fingerprint density at radius 1 is 1.41 bits per heavy atom. The minimum Gasteiger partial charge on any atom is -0.369 e. The Hall–Kier alpha value is -2.36. The number of aldehydes is 1. The molecule has 0 aliphatic heterocycles. The molecule has 1 amide bonds. The number of rotatable bonds is 4. The van der Waals surface area contributed by atoms with Gasteiger partial charge in [-0.05, 0) is 17.7 Å². The van der Waals surface area contributed by atoms with Gasteiger partial charge >= 0.3 is 0 Å². The lowest BCUT2D eigenvalue weighted by Gasteiger charge is -1.95. The molecule has 17 heavy (non-hydrogen) atoms. The van der Waals surface area contributed by atoms with Crippen LogP contribution >= 0.6 is 0 Å². The molecule has 2 rings (SSSR count). The van der Waals surface area contributed by atoms with Gasteiger partial charge in [-0.1, -0.05) is 18.2 Å². The van der Waals surface area contributed by atoms with E-state index >= 15 is 0 Å². The number of carbonyl (C=O) groups excluding carboxylic acids is 2. The first-order valence-corrected chi connectivity index (χ1v) is 5.22. The zero-order valence-electron chi connectivity index (χ0n) is 9.14. The molecule has 0 radical (unpaired) electrons. The summed E-state index contributed by atoms with van der Waals surface area (Å²) in [5, 5.41) is 0.876. The molecule has 0 bridgehead atoms. The quantitative estimate of drug-likeness (QED) is 0.784. The van der Waals surface area contributed by atoms with E-state index in [1.54, 1.807) is 12.3 Å². The molecular weight excluding hydrogens is 216 g/mol. The summed E-state index contributed by atoms with van der Waals surface area (Å²) in [5.41, 5.74) is 7.51. The van der Waals surface area contributed by atoms with Crippen LogP contribution in [0.3, 0.4) is 0 Å². The first-order valence-electron chi connectivity index (χ1n) is 5.22. The monoisotopic (exact) mass is 228 g/mol. The maximum Gasteiger partial charge on any atom is 0.221 e. The van der Waals surface area contributed by atoms with Crippen molar-refractivity contribution in [1.29, 1.82) is 0 Å². The summed E-state index contributed by atoms with van der Waals surface area (Å²) < 4.78 is 0. The number of amides is 1. The summed E-state index contributed by atoms with van der Waals surface area (Å²) in [4.78, 5) is 24.4. The predicted octanol–water partition coefficient (Wildman–Crippen LogP) is 1.87. The number of carbonyl (C=O) groups is 2. The molecule has 1 aromatic heterocycles. The molecule has 0 aliphatic carbocycles. The lowest BCUT2D eigenvalue weighted by atomic mass is 10.1. The Morgan fingerprint density at radius 2 is 2.24 bits per heavy atom. The van der Waals surface area contributed by atoms with E-state index in [1.165, 1.54) is 0 Å². The average Bonchev–Trinajstić information content (AvgIpc) is 2.70. The lowest BCUT2D eigenvalue weighted by molar-refractivity contribution is -0.117. The summed E-state index contributed by atoms with van der Waals surface area (Å²) in [5.74, 6) is -0.363. The maximum atomic E-state index is 10.8. The van der Waals surface area contributed by atoms with E-state index in [0.29, 0.717) is 5.56 Å². The van der Waals surface area contributed by atoms with Crippen molar-refractivity contribution in [3.63, 3.8) is 0 Å². The normalized spacial score (nSPS) is 11.1. The molecule has 0 atom stereocenters. The average molecular weight is 228 g/mol. The number of nitrogens with two attached hydrogens (primary N) is 1. The molecule has 1 aromatic carbocycles. The van der Waals surface area contributed by atoms with Crippen molar-refractivity contribution in [2.24, 2.45) is 5.73 Å². The van der Waals surface area contributed by atoms with E-state index in [9.17, 15) is 9.59 Å². The van der Waals surface area contributed by atoms with E-state index in [-0.39, 0.29) is 12.3 Å². The Balaban J connectivity index is 2.33. The predicted molar refractivity (Wildman–Crippen MR) is 66.5 cm³/mol. The molecule has 4 nitrogen and oxygen atoms in total. The van der Waals surface area contributed by atoms with Gasteiger partial charge < -0.3 is 10.7 Å². The van der Waals surface area contributed by atoms with Gasteiger partial charge in [0.1, 0.15) is 0 Å². The highest BCUT2D eigenvalue weighted by molar-refractivity contribution is 5.98. The first kappa shape index (κ1) is 11.1. The molecule has 4 heteroatoms. The topological polar surface area (TPSA) is 76.0 Å². The number of benzene rings is 1. The number of nitrogens with one attached hydrogen (secondary N) is 1. The van der Waals surface area contributed by atoms with E-state index in [2.05, 4.69) is 4.98 Å². The molecule has 0 unspecified atom stereocenters. The van der Waals surface area contributed by atoms with Crippen molar-refractivity contribution < 1.29 is 9.59 Å². The second-order valence-corrected chi connectivity index (χ2v) is 3.74. The Bertz CT molecular complexity index is 596. The van der Waals surface area contributed by atoms with Gasteiger partial charge in [0.25, 0.3) is 0 Å². The molecule has 3 N–H and O–H groups in total. The summed E-state index contributed by atoms with van der Waals surface area (Å²) in [6.07, 6.45) is 6.22. The molecular formula is C13H12N2O2. The third-order valence-corrected chi connectivity index (χ3v) is 2.49. The molecule has 0 saturated heterocycles. The van der Waals surface area contributed by atoms with Gasteiger partial charge in [0.2, 0.25) is 5.91 Å². The van der Waals surface area contributed by atoms with Crippen molar-refractivity contribution in [2.45, 2.75) is 6.42 Å². The SMILES string of the molecule is NC(=O)CC=Cc1ccc2[nH]cc(C=O)c2c1. The largest absolute Gasteiger partial charge is 0.369 e. The third-order valence-electron chi connectivity index (χ3n) is 2.49. The Labute approximate surface area is 98.1 Å². The maximum absolute atomic E-state index is 10.8. The van der Waals surface area contributed by atoms with Crippen molar-refractivity contribution in [2.75, 3.05) is 0 Å². The van der Waals surface area contributed by atoms with Crippen molar-refractivity contribution in [3.8, 4) is 0 Å². The molecule has 2 aromatic rings. The van der Waals surface area contributed by atoms with Gasteiger partial charge in [0.15, 0.2) is 6.29 Å². The fourth-order valence-electron chi connectivity index (χ4n) is 1.67. The number of primary amides is 1. The van der Waals surface area contributed by atoms with Gasteiger partial charge in [-0.25, -0.2) is 0 Å². The van der Waals surface area contributed by atoms with Gasteiger partial charge in [0.05, 0.1) is 0 Å². The first-order chi connectivity index (χ1) is 8.20. The molecule has 0 fully saturated rings. The highest BCUT2D eigenvalue weighted by atomic mass is 16.1. The fourth-order valence-corrected chi connectivity index (χ4v) is 1.67. The van der Waals surface area contributed by atoms with Crippen LogP contribution in [-0.2, 0) is 4.79 Å². The Morgan fingerprint density at radius 3 is 2.94 bits per heavy atom. The number of fused-ring (bicyclic) bond motifs is 1.